The number of ether oxygens (including phenoxy) is 1. The van der Waals surface area contributed by atoms with E-state index in [1.807, 2.05) is 77.3 Å². The van der Waals surface area contributed by atoms with Crippen LogP contribution in [-0.2, 0) is 24.4 Å². The van der Waals surface area contributed by atoms with Crippen LogP contribution in [0, 0.1) is 0 Å². The zero-order chi connectivity index (χ0) is 22.2. The van der Waals surface area contributed by atoms with Crippen molar-refractivity contribution < 1.29 is 9.53 Å². The Morgan fingerprint density at radius 2 is 1.72 bits per heavy atom. The number of carbonyl (C=O) groups excluding carboxylic acids is 1. The van der Waals surface area contributed by atoms with Gasteiger partial charge >= 0.3 is 5.97 Å². The number of hydrogen-bond acceptors (Lipinski definition) is 5. The number of aromatic nitrogens is 3. The van der Waals surface area contributed by atoms with E-state index in [0.717, 1.165) is 22.6 Å². The predicted molar refractivity (Wildman–Crippen MR) is 122 cm³/mol. The van der Waals surface area contributed by atoms with Crippen LogP contribution in [0.1, 0.15) is 27.3 Å². The average molecular weight is 428 g/mol. The summed E-state index contributed by atoms with van der Waals surface area (Å²) in [4.78, 5) is 16.7. The van der Waals surface area contributed by atoms with E-state index in [1.165, 1.54) is 0 Å². The van der Waals surface area contributed by atoms with Crippen molar-refractivity contribution in [3.05, 3.63) is 102 Å². The van der Waals surface area contributed by atoms with Crippen molar-refractivity contribution in [3.63, 3.8) is 0 Å². The summed E-state index contributed by atoms with van der Waals surface area (Å²) in [6, 6.07) is 22.7. The first-order chi connectivity index (χ1) is 15.7. The van der Waals surface area contributed by atoms with E-state index in [-0.39, 0.29) is 12.6 Å². The van der Waals surface area contributed by atoms with Gasteiger partial charge in [-0.15, -0.1) is 10.2 Å². The molecule has 0 atom stereocenters. The number of nitrogens with zero attached hydrogens (tertiary/aromatic N) is 4. The SMILES string of the molecule is CN=C(NCc1cccc(C(=O)OCc2ccccc2)c1)NCc1nnc2ccccn12. The maximum atomic E-state index is 12.4. The summed E-state index contributed by atoms with van der Waals surface area (Å²) in [5, 5.41) is 14.8. The number of rotatable bonds is 7. The molecule has 0 aliphatic rings. The number of benzene rings is 2. The van der Waals surface area contributed by atoms with Crippen LogP contribution in [0.5, 0.6) is 0 Å². The number of carbonyl (C=O) groups is 1. The van der Waals surface area contributed by atoms with Gasteiger partial charge < -0.3 is 15.4 Å². The van der Waals surface area contributed by atoms with Crippen LogP contribution < -0.4 is 10.6 Å². The topological polar surface area (TPSA) is 92.9 Å². The lowest BCUT2D eigenvalue weighted by molar-refractivity contribution is 0.0472. The number of fused-ring (bicyclic) bond motifs is 1. The Morgan fingerprint density at radius 1 is 0.938 bits per heavy atom. The zero-order valence-electron chi connectivity index (χ0n) is 17.7. The lowest BCUT2D eigenvalue weighted by Crippen LogP contribution is -2.36. The molecule has 0 amide bonds. The fourth-order valence-corrected chi connectivity index (χ4v) is 3.20. The van der Waals surface area contributed by atoms with Gasteiger partial charge in [-0.05, 0) is 35.4 Å². The highest BCUT2D eigenvalue weighted by molar-refractivity contribution is 5.89. The van der Waals surface area contributed by atoms with E-state index in [1.54, 1.807) is 13.1 Å². The molecule has 2 N–H and O–H groups in total. The Kier molecular flexibility index (Phi) is 6.72. The van der Waals surface area contributed by atoms with Gasteiger partial charge in [0.05, 0.1) is 12.1 Å². The number of aliphatic imine (C=N–C) groups is 1. The molecule has 2 aromatic carbocycles. The van der Waals surface area contributed by atoms with Crippen molar-refractivity contribution in [3.8, 4) is 0 Å². The maximum absolute atomic E-state index is 12.4. The van der Waals surface area contributed by atoms with Gasteiger partial charge in [-0.3, -0.25) is 9.39 Å². The molecule has 32 heavy (non-hydrogen) atoms. The van der Waals surface area contributed by atoms with Gasteiger partial charge in [0.15, 0.2) is 17.4 Å². The molecule has 4 rings (SSSR count). The van der Waals surface area contributed by atoms with E-state index < -0.39 is 0 Å². The minimum Gasteiger partial charge on any atom is -0.457 e. The maximum Gasteiger partial charge on any atom is 0.338 e. The third-order valence-corrected chi connectivity index (χ3v) is 4.86. The number of hydrogen-bond donors (Lipinski definition) is 2. The van der Waals surface area contributed by atoms with Gasteiger partial charge in [-0.25, -0.2) is 4.79 Å². The fraction of sp³-hybridized carbons (Fsp3) is 0.167. The summed E-state index contributed by atoms with van der Waals surface area (Å²) in [7, 11) is 1.70. The lowest BCUT2D eigenvalue weighted by atomic mass is 10.1. The first-order valence-corrected chi connectivity index (χ1v) is 10.3. The number of nitrogens with one attached hydrogen (secondary N) is 2. The Morgan fingerprint density at radius 3 is 2.56 bits per heavy atom. The van der Waals surface area contributed by atoms with Crippen molar-refractivity contribution in [2.75, 3.05) is 7.05 Å². The van der Waals surface area contributed by atoms with Gasteiger partial charge in [0.2, 0.25) is 0 Å². The van der Waals surface area contributed by atoms with Crippen LogP contribution in [0.3, 0.4) is 0 Å². The minimum atomic E-state index is -0.350. The van der Waals surface area contributed by atoms with Crippen molar-refractivity contribution in [2.24, 2.45) is 4.99 Å². The molecule has 0 radical (unpaired) electrons. The largest absolute Gasteiger partial charge is 0.457 e. The molecule has 0 spiro atoms. The lowest BCUT2D eigenvalue weighted by Gasteiger charge is -2.12. The Hall–Kier alpha value is -4.20. The Bertz CT molecular complexity index is 1220. The van der Waals surface area contributed by atoms with Gasteiger partial charge in [0.1, 0.15) is 6.61 Å². The van der Waals surface area contributed by atoms with Crippen LogP contribution >= 0.6 is 0 Å². The summed E-state index contributed by atoms with van der Waals surface area (Å²) in [5.41, 5.74) is 3.20. The average Bonchev–Trinajstić information content (AvgIpc) is 3.26. The molecule has 0 aliphatic heterocycles. The van der Waals surface area contributed by atoms with Crippen LogP contribution in [-0.4, -0.2) is 33.6 Å². The normalized spacial score (nSPS) is 11.3. The first-order valence-electron chi connectivity index (χ1n) is 10.3. The fourth-order valence-electron chi connectivity index (χ4n) is 3.20. The molecule has 0 saturated carbocycles. The quantitative estimate of drug-likeness (QED) is 0.267. The molecule has 0 bridgehead atoms. The molecular weight excluding hydrogens is 404 g/mol. The number of esters is 1. The number of pyridine rings is 1. The van der Waals surface area contributed by atoms with Gasteiger partial charge in [0.25, 0.3) is 0 Å². The second-order valence-electron chi connectivity index (χ2n) is 7.09. The molecule has 4 aromatic rings. The Balaban J connectivity index is 1.31. The van der Waals surface area contributed by atoms with Crippen molar-refractivity contribution >= 4 is 17.6 Å². The van der Waals surface area contributed by atoms with Gasteiger partial charge in [0, 0.05) is 19.8 Å². The summed E-state index contributed by atoms with van der Waals surface area (Å²) in [6.07, 6.45) is 1.92. The molecule has 0 aliphatic carbocycles. The summed E-state index contributed by atoms with van der Waals surface area (Å²) in [6.45, 7) is 1.22. The van der Waals surface area contributed by atoms with E-state index in [9.17, 15) is 4.79 Å². The molecule has 8 nitrogen and oxygen atoms in total. The van der Waals surface area contributed by atoms with Crippen LogP contribution in [0.15, 0.2) is 84.0 Å². The van der Waals surface area contributed by atoms with E-state index in [2.05, 4.69) is 25.8 Å². The van der Waals surface area contributed by atoms with E-state index in [0.29, 0.717) is 24.6 Å². The van der Waals surface area contributed by atoms with E-state index >= 15 is 0 Å². The molecule has 162 valence electrons. The summed E-state index contributed by atoms with van der Waals surface area (Å²) < 4.78 is 7.34. The zero-order valence-corrected chi connectivity index (χ0v) is 17.7. The highest BCUT2D eigenvalue weighted by atomic mass is 16.5. The van der Waals surface area contributed by atoms with E-state index in [4.69, 9.17) is 4.74 Å². The van der Waals surface area contributed by atoms with Crippen LogP contribution in [0.4, 0.5) is 0 Å². The summed E-state index contributed by atoms with van der Waals surface area (Å²) >= 11 is 0. The molecular formula is C24H24N6O2. The highest BCUT2D eigenvalue weighted by Gasteiger charge is 2.09. The van der Waals surface area contributed by atoms with Crippen LogP contribution in [0.25, 0.3) is 5.65 Å². The first kappa shape index (κ1) is 21.0. The molecule has 8 heteroatoms. The predicted octanol–water partition coefficient (Wildman–Crippen LogP) is 2.95. The molecule has 2 aromatic heterocycles. The summed E-state index contributed by atoms with van der Waals surface area (Å²) in [5.74, 6) is 1.05. The molecule has 0 saturated heterocycles. The smallest absolute Gasteiger partial charge is 0.338 e. The van der Waals surface area contributed by atoms with Gasteiger partial charge in [-0.1, -0.05) is 48.5 Å². The standard InChI is InChI=1S/C24H24N6O2/c1-25-24(27-16-22-29-28-21-12-5-6-13-30(21)22)26-15-19-10-7-11-20(14-19)23(31)32-17-18-8-3-2-4-9-18/h2-14H,15-17H2,1H3,(H2,25,26,27). The molecule has 0 fully saturated rings. The highest BCUT2D eigenvalue weighted by Crippen LogP contribution is 2.09. The second-order valence-corrected chi connectivity index (χ2v) is 7.09. The monoisotopic (exact) mass is 428 g/mol. The van der Waals surface area contributed by atoms with Gasteiger partial charge in [-0.2, -0.15) is 0 Å². The van der Waals surface area contributed by atoms with Crippen LogP contribution in [0.2, 0.25) is 0 Å². The third-order valence-electron chi connectivity index (χ3n) is 4.86. The number of guanidine groups is 1. The molecule has 2 heterocycles. The second kappa shape index (κ2) is 10.2. The van der Waals surface area contributed by atoms with Crippen molar-refractivity contribution in [2.45, 2.75) is 19.7 Å². The van der Waals surface area contributed by atoms with Crippen molar-refractivity contribution in [1.82, 2.24) is 25.2 Å². The Labute approximate surface area is 186 Å². The third kappa shape index (κ3) is 5.28. The molecule has 0 unspecified atom stereocenters. The minimum absolute atomic E-state index is 0.246. The van der Waals surface area contributed by atoms with Crippen molar-refractivity contribution in [1.29, 1.82) is 0 Å².